The molecule has 0 saturated heterocycles. The van der Waals surface area contributed by atoms with E-state index in [9.17, 15) is 13.6 Å². The number of hydrogen-bond acceptors (Lipinski definition) is 3. The van der Waals surface area contributed by atoms with Gasteiger partial charge >= 0.3 is 0 Å². The lowest BCUT2D eigenvalue weighted by Crippen LogP contribution is -2.23. The van der Waals surface area contributed by atoms with E-state index in [-0.39, 0.29) is 5.92 Å². The molecule has 20 heavy (non-hydrogen) atoms. The summed E-state index contributed by atoms with van der Waals surface area (Å²) < 4.78 is 36.9. The maximum absolute atomic E-state index is 13.2. The van der Waals surface area contributed by atoms with Crippen LogP contribution in [0.2, 0.25) is 0 Å². The summed E-state index contributed by atoms with van der Waals surface area (Å²) in [4.78, 5) is 11.2. The summed E-state index contributed by atoms with van der Waals surface area (Å²) in [7, 11) is 1.49. The molecular formula is C15H20F2O3. The maximum atomic E-state index is 13.2. The first-order chi connectivity index (χ1) is 9.51. The van der Waals surface area contributed by atoms with Crippen LogP contribution in [0.25, 0.3) is 0 Å². The molecule has 0 aromatic heterocycles. The van der Waals surface area contributed by atoms with Gasteiger partial charge in [-0.25, -0.2) is 8.78 Å². The summed E-state index contributed by atoms with van der Waals surface area (Å²) >= 11 is 0. The maximum Gasteiger partial charge on any atom is 0.157 e. The molecule has 0 aliphatic carbocycles. The number of rotatable bonds is 8. The second-order valence-electron chi connectivity index (χ2n) is 4.65. The zero-order valence-corrected chi connectivity index (χ0v) is 11.9. The van der Waals surface area contributed by atoms with Gasteiger partial charge in [-0.2, -0.15) is 0 Å². The molecule has 3 atom stereocenters. The van der Waals surface area contributed by atoms with Crippen molar-refractivity contribution in [3.8, 4) is 0 Å². The van der Waals surface area contributed by atoms with E-state index in [1.165, 1.54) is 19.2 Å². The minimum Gasteiger partial charge on any atom is -0.356 e. The Labute approximate surface area is 117 Å². The monoisotopic (exact) mass is 286 g/mol. The molecule has 0 bridgehead atoms. The van der Waals surface area contributed by atoms with E-state index in [0.717, 1.165) is 12.4 Å². The number of aldehydes is 1. The average Bonchev–Trinajstić information content (AvgIpc) is 2.41. The second-order valence-corrected chi connectivity index (χ2v) is 4.65. The molecular weight excluding hydrogens is 266 g/mol. The number of hydrogen-bond donors (Lipinski definition) is 0. The lowest BCUT2D eigenvalue weighted by molar-refractivity contribution is -0.137. The van der Waals surface area contributed by atoms with Gasteiger partial charge in [0.1, 0.15) is 17.9 Å². The van der Waals surface area contributed by atoms with E-state index in [1.807, 2.05) is 6.92 Å². The lowest BCUT2D eigenvalue weighted by atomic mass is 9.86. The average molecular weight is 286 g/mol. The SMILES string of the molecule is CCOC(CC(C=O)C(C)c1cc(F)cc(F)c1)OC. The summed E-state index contributed by atoms with van der Waals surface area (Å²) in [6, 6.07) is 3.30. The van der Waals surface area contributed by atoms with Crippen molar-refractivity contribution in [3.05, 3.63) is 35.4 Å². The van der Waals surface area contributed by atoms with Crippen LogP contribution in [0.1, 0.15) is 31.7 Å². The first kappa shape index (κ1) is 16.7. The Kier molecular flexibility index (Phi) is 6.75. The van der Waals surface area contributed by atoms with Crippen LogP contribution in [0.3, 0.4) is 0 Å². The van der Waals surface area contributed by atoms with Crippen molar-refractivity contribution >= 4 is 6.29 Å². The first-order valence-electron chi connectivity index (χ1n) is 6.57. The summed E-state index contributed by atoms with van der Waals surface area (Å²) in [6.07, 6.45) is 0.613. The van der Waals surface area contributed by atoms with Crippen LogP contribution in [0, 0.1) is 17.6 Å². The van der Waals surface area contributed by atoms with Gasteiger partial charge in [-0.1, -0.05) is 6.92 Å². The molecule has 0 amide bonds. The molecule has 0 heterocycles. The Bertz CT molecular complexity index is 417. The highest BCUT2D eigenvalue weighted by molar-refractivity contribution is 5.55. The van der Waals surface area contributed by atoms with Crippen molar-refractivity contribution in [1.29, 1.82) is 0 Å². The fourth-order valence-corrected chi connectivity index (χ4v) is 2.10. The predicted octanol–water partition coefficient (Wildman–Crippen LogP) is 3.28. The first-order valence-corrected chi connectivity index (χ1v) is 6.57. The molecule has 112 valence electrons. The molecule has 5 heteroatoms. The van der Waals surface area contributed by atoms with Crippen LogP contribution in [-0.2, 0) is 14.3 Å². The summed E-state index contributed by atoms with van der Waals surface area (Å²) in [5.74, 6) is -2.06. The largest absolute Gasteiger partial charge is 0.356 e. The molecule has 1 rings (SSSR count). The predicted molar refractivity (Wildman–Crippen MR) is 71.4 cm³/mol. The van der Waals surface area contributed by atoms with Gasteiger partial charge in [0, 0.05) is 32.1 Å². The molecule has 0 aliphatic rings. The van der Waals surface area contributed by atoms with Crippen LogP contribution >= 0.6 is 0 Å². The third-order valence-electron chi connectivity index (χ3n) is 3.31. The molecule has 1 aromatic carbocycles. The summed E-state index contributed by atoms with van der Waals surface area (Å²) in [6.45, 7) is 4.05. The Morgan fingerprint density at radius 2 is 1.85 bits per heavy atom. The van der Waals surface area contributed by atoms with E-state index < -0.39 is 23.8 Å². The number of halogens is 2. The van der Waals surface area contributed by atoms with E-state index in [1.54, 1.807) is 6.92 Å². The van der Waals surface area contributed by atoms with Crippen molar-refractivity contribution in [2.24, 2.45) is 5.92 Å². The highest BCUT2D eigenvalue weighted by Crippen LogP contribution is 2.28. The van der Waals surface area contributed by atoms with Gasteiger partial charge in [0.25, 0.3) is 0 Å². The van der Waals surface area contributed by atoms with E-state index >= 15 is 0 Å². The van der Waals surface area contributed by atoms with Gasteiger partial charge in [0.15, 0.2) is 6.29 Å². The van der Waals surface area contributed by atoms with Gasteiger partial charge in [-0.3, -0.25) is 0 Å². The lowest BCUT2D eigenvalue weighted by Gasteiger charge is -2.23. The molecule has 0 saturated carbocycles. The number of carbonyl (C=O) groups is 1. The third-order valence-corrected chi connectivity index (χ3v) is 3.31. The highest BCUT2D eigenvalue weighted by Gasteiger charge is 2.23. The van der Waals surface area contributed by atoms with Crippen LogP contribution in [0.15, 0.2) is 18.2 Å². The van der Waals surface area contributed by atoms with Gasteiger partial charge < -0.3 is 14.3 Å². The molecule has 0 radical (unpaired) electrons. The van der Waals surface area contributed by atoms with Crippen LogP contribution in [-0.4, -0.2) is 26.3 Å². The Hall–Kier alpha value is -1.33. The van der Waals surface area contributed by atoms with Crippen LogP contribution in [0.4, 0.5) is 8.78 Å². The minimum atomic E-state index is -0.649. The van der Waals surface area contributed by atoms with Crippen LogP contribution in [0.5, 0.6) is 0 Å². The summed E-state index contributed by atoms with van der Waals surface area (Å²) in [5, 5.41) is 0. The summed E-state index contributed by atoms with van der Waals surface area (Å²) in [5.41, 5.74) is 0.450. The van der Waals surface area contributed by atoms with Gasteiger partial charge in [-0.05, 0) is 30.5 Å². The smallest absolute Gasteiger partial charge is 0.157 e. The van der Waals surface area contributed by atoms with E-state index in [4.69, 9.17) is 9.47 Å². The fraction of sp³-hybridized carbons (Fsp3) is 0.533. The van der Waals surface area contributed by atoms with Crippen LogP contribution < -0.4 is 0 Å². The quantitative estimate of drug-likeness (QED) is 0.543. The molecule has 0 aliphatic heterocycles. The number of methoxy groups -OCH3 is 1. The van der Waals surface area contributed by atoms with Crippen molar-refractivity contribution in [2.75, 3.05) is 13.7 Å². The number of benzene rings is 1. The van der Waals surface area contributed by atoms with E-state index in [2.05, 4.69) is 0 Å². The Morgan fingerprint density at radius 3 is 2.30 bits per heavy atom. The Morgan fingerprint density at radius 1 is 1.25 bits per heavy atom. The van der Waals surface area contributed by atoms with Gasteiger partial charge in [-0.15, -0.1) is 0 Å². The molecule has 3 nitrogen and oxygen atoms in total. The third kappa shape index (κ3) is 4.65. The van der Waals surface area contributed by atoms with Gasteiger partial charge in [0.05, 0.1) is 0 Å². The van der Waals surface area contributed by atoms with Crippen molar-refractivity contribution in [3.63, 3.8) is 0 Å². The van der Waals surface area contributed by atoms with Crippen molar-refractivity contribution in [2.45, 2.75) is 32.5 Å². The van der Waals surface area contributed by atoms with Crippen molar-refractivity contribution < 1.29 is 23.0 Å². The minimum absolute atomic E-state index is 0.323. The molecule has 0 spiro atoms. The molecule has 0 fully saturated rings. The van der Waals surface area contributed by atoms with Gasteiger partial charge in [0.2, 0.25) is 0 Å². The molecule has 1 aromatic rings. The fourth-order valence-electron chi connectivity index (χ4n) is 2.10. The molecule has 0 N–H and O–H groups in total. The second kappa shape index (κ2) is 8.07. The normalized spacial score (nSPS) is 15.7. The highest BCUT2D eigenvalue weighted by atomic mass is 19.1. The zero-order chi connectivity index (χ0) is 15.1. The van der Waals surface area contributed by atoms with Crippen molar-refractivity contribution in [1.82, 2.24) is 0 Å². The molecule has 3 unspecified atom stereocenters. The Balaban J connectivity index is 2.85. The zero-order valence-electron chi connectivity index (χ0n) is 11.9. The number of carbonyl (C=O) groups excluding carboxylic acids is 1. The van der Waals surface area contributed by atoms with E-state index in [0.29, 0.717) is 18.6 Å². The number of ether oxygens (including phenoxy) is 2. The standard InChI is InChI=1S/C15H20F2O3/c1-4-20-15(19-3)7-12(9-18)10(2)11-5-13(16)8-14(17)6-11/h5-6,8-10,12,15H,4,7H2,1-3H3. The topological polar surface area (TPSA) is 35.5 Å².